The Morgan fingerprint density at radius 2 is 1.41 bits per heavy atom. The summed E-state index contributed by atoms with van der Waals surface area (Å²) in [5.74, 6) is 0. The van der Waals surface area contributed by atoms with Gasteiger partial charge in [0, 0.05) is 40.0 Å². The molecule has 0 saturated carbocycles. The van der Waals surface area contributed by atoms with Crippen LogP contribution in [-0.2, 0) is 0 Å². The first-order valence-corrected chi connectivity index (χ1v) is 11.5. The van der Waals surface area contributed by atoms with Gasteiger partial charge in [-0.1, -0.05) is 48.5 Å². The number of pyridine rings is 3. The minimum Gasteiger partial charge on any atom is -0.256 e. The number of aryl methyl sites for hydroxylation is 2. The summed E-state index contributed by atoms with van der Waals surface area (Å²) >= 11 is 0. The molecule has 0 saturated heterocycles. The zero-order valence-electron chi connectivity index (χ0n) is 19.2. The van der Waals surface area contributed by atoms with E-state index >= 15 is 0 Å². The van der Waals surface area contributed by atoms with E-state index in [1.807, 2.05) is 43.6 Å². The molecule has 0 bridgehead atoms. The number of fused-ring (bicyclic) bond motifs is 3. The molecule has 3 heteroatoms. The fraction of sp³-hybridized carbons (Fsp3) is 0.0645. The van der Waals surface area contributed by atoms with Crippen LogP contribution in [0.3, 0.4) is 0 Å². The average molecular weight is 438 g/mol. The zero-order valence-corrected chi connectivity index (χ0v) is 19.2. The molecular formula is C31H23N3. The highest BCUT2D eigenvalue weighted by Gasteiger charge is 2.13. The lowest BCUT2D eigenvalue weighted by atomic mass is 9.93. The van der Waals surface area contributed by atoms with Crippen LogP contribution in [0.15, 0.2) is 103 Å². The lowest BCUT2D eigenvalue weighted by molar-refractivity contribution is 1.26. The highest BCUT2D eigenvalue weighted by Crippen LogP contribution is 2.36. The summed E-state index contributed by atoms with van der Waals surface area (Å²) in [6.07, 6.45) is 3.69. The summed E-state index contributed by atoms with van der Waals surface area (Å²) in [6.45, 7) is 4.20. The van der Waals surface area contributed by atoms with E-state index in [0.717, 1.165) is 49.9 Å². The van der Waals surface area contributed by atoms with E-state index in [1.165, 1.54) is 16.7 Å². The van der Waals surface area contributed by atoms with Crippen molar-refractivity contribution in [3.05, 3.63) is 115 Å². The first kappa shape index (κ1) is 20.3. The van der Waals surface area contributed by atoms with Crippen molar-refractivity contribution in [1.82, 2.24) is 15.0 Å². The van der Waals surface area contributed by atoms with Crippen molar-refractivity contribution in [2.45, 2.75) is 13.8 Å². The summed E-state index contributed by atoms with van der Waals surface area (Å²) in [5, 5.41) is 2.26. The summed E-state index contributed by atoms with van der Waals surface area (Å²) in [7, 11) is 0. The van der Waals surface area contributed by atoms with Crippen molar-refractivity contribution in [2.75, 3.05) is 0 Å². The number of aromatic nitrogens is 3. The van der Waals surface area contributed by atoms with E-state index in [1.54, 1.807) is 0 Å². The van der Waals surface area contributed by atoms with Gasteiger partial charge in [-0.05, 0) is 78.6 Å². The van der Waals surface area contributed by atoms with E-state index in [2.05, 4.69) is 83.6 Å². The molecule has 0 atom stereocenters. The lowest BCUT2D eigenvalue weighted by Crippen LogP contribution is -1.92. The van der Waals surface area contributed by atoms with Gasteiger partial charge in [-0.25, -0.2) is 0 Å². The van der Waals surface area contributed by atoms with Crippen LogP contribution in [-0.4, -0.2) is 15.0 Å². The van der Waals surface area contributed by atoms with Crippen LogP contribution in [0.25, 0.3) is 55.3 Å². The Hall–Kier alpha value is -4.37. The maximum absolute atomic E-state index is 4.94. The number of benzene rings is 3. The van der Waals surface area contributed by atoms with E-state index < -0.39 is 0 Å². The molecule has 0 aliphatic rings. The van der Waals surface area contributed by atoms with E-state index in [4.69, 9.17) is 4.98 Å². The third-order valence-corrected chi connectivity index (χ3v) is 6.38. The third-order valence-electron chi connectivity index (χ3n) is 6.38. The Kier molecular flexibility index (Phi) is 4.88. The number of hydrogen-bond acceptors (Lipinski definition) is 3. The Labute approximate surface area is 198 Å². The molecule has 6 aromatic rings. The Bertz CT molecular complexity index is 1670. The first-order chi connectivity index (χ1) is 16.7. The van der Waals surface area contributed by atoms with Crippen molar-refractivity contribution in [3.8, 4) is 33.5 Å². The molecule has 34 heavy (non-hydrogen) atoms. The maximum atomic E-state index is 4.94. The molecular weight excluding hydrogens is 414 g/mol. The van der Waals surface area contributed by atoms with Gasteiger partial charge in [0.05, 0.1) is 16.7 Å². The second-order valence-electron chi connectivity index (χ2n) is 8.67. The summed E-state index contributed by atoms with van der Waals surface area (Å²) < 4.78 is 0. The van der Waals surface area contributed by atoms with Gasteiger partial charge in [-0.15, -0.1) is 0 Å². The molecule has 0 spiro atoms. The molecule has 0 radical (unpaired) electrons. The van der Waals surface area contributed by atoms with Crippen molar-refractivity contribution in [3.63, 3.8) is 0 Å². The van der Waals surface area contributed by atoms with Crippen LogP contribution in [0, 0.1) is 13.8 Å². The first-order valence-electron chi connectivity index (χ1n) is 11.5. The van der Waals surface area contributed by atoms with Crippen molar-refractivity contribution in [1.29, 1.82) is 0 Å². The minimum atomic E-state index is 0.978. The highest BCUT2D eigenvalue weighted by atomic mass is 14.7. The van der Waals surface area contributed by atoms with Crippen LogP contribution < -0.4 is 0 Å². The topological polar surface area (TPSA) is 38.7 Å². The van der Waals surface area contributed by atoms with Gasteiger partial charge in [0.1, 0.15) is 0 Å². The van der Waals surface area contributed by atoms with Gasteiger partial charge >= 0.3 is 0 Å². The monoisotopic (exact) mass is 437 g/mol. The van der Waals surface area contributed by atoms with Crippen LogP contribution in [0.1, 0.15) is 11.3 Å². The van der Waals surface area contributed by atoms with Crippen LogP contribution in [0.5, 0.6) is 0 Å². The molecule has 0 unspecified atom stereocenters. The molecule has 0 N–H and O–H groups in total. The highest BCUT2D eigenvalue weighted by molar-refractivity contribution is 6.11. The lowest BCUT2D eigenvalue weighted by Gasteiger charge is -2.13. The van der Waals surface area contributed by atoms with Gasteiger partial charge in [-0.3, -0.25) is 15.0 Å². The standard InChI is InChI=1S/C31H23N3/c1-20-11-13-24(29-10-3-4-15-32-29)18-27(20)22-7-5-8-23(17-22)28-19-30-25(9-6-16-33-30)26-14-12-21(2)34-31(26)28/h3-19H,1-2H3. The average Bonchev–Trinajstić information content (AvgIpc) is 2.89. The fourth-order valence-electron chi connectivity index (χ4n) is 4.64. The quantitative estimate of drug-likeness (QED) is 0.265. The van der Waals surface area contributed by atoms with Crippen molar-refractivity contribution in [2.24, 2.45) is 0 Å². The number of hydrogen-bond donors (Lipinski definition) is 0. The van der Waals surface area contributed by atoms with Crippen LogP contribution >= 0.6 is 0 Å². The molecule has 3 aromatic heterocycles. The Balaban J connectivity index is 1.55. The van der Waals surface area contributed by atoms with Crippen molar-refractivity contribution < 1.29 is 0 Å². The predicted octanol–water partition coefficient (Wildman–Crippen LogP) is 7.80. The van der Waals surface area contributed by atoms with Gasteiger partial charge in [0.2, 0.25) is 0 Å². The molecule has 3 heterocycles. The second kappa shape index (κ2) is 8.20. The Morgan fingerprint density at radius 3 is 2.26 bits per heavy atom. The SMILES string of the molecule is Cc1ccc2c(n1)c(-c1cccc(-c3cc(-c4ccccn4)ccc3C)c1)cc1ncccc12. The van der Waals surface area contributed by atoms with Gasteiger partial charge in [-0.2, -0.15) is 0 Å². The van der Waals surface area contributed by atoms with Gasteiger partial charge in [0.25, 0.3) is 0 Å². The largest absolute Gasteiger partial charge is 0.256 e. The third kappa shape index (κ3) is 3.52. The number of nitrogens with zero attached hydrogens (tertiary/aromatic N) is 3. The Morgan fingerprint density at radius 1 is 0.559 bits per heavy atom. The molecule has 3 nitrogen and oxygen atoms in total. The normalized spacial score (nSPS) is 11.2. The molecule has 0 aliphatic heterocycles. The summed E-state index contributed by atoms with van der Waals surface area (Å²) in [5.41, 5.74) is 10.9. The molecule has 3 aromatic carbocycles. The smallest absolute Gasteiger partial charge is 0.0791 e. The summed E-state index contributed by atoms with van der Waals surface area (Å²) in [6, 6.07) is 31.8. The van der Waals surface area contributed by atoms with Crippen LogP contribution in [0.4, 0.5) is 0 Å². The van der Waals surface area contributed by atoms with E-state index in [9.17, 15) is 0 Å². The zero-order chi connectivity index (χ0) is 23.1. The van der Waals surface area contributed by atoms with Crippen LogP contribution in [0.2, 0.25) is 0 Å². The second-order valence-corrected chi connectivity index (χ2v) is 8.67. The predicted molar refractivity (Wildman–Crippen MR) is 141 cm³/mol. The molecule has 6 rings (SSSR count). The molecule has 162 valence electrons. The van der Waals surface area contributed by atoms with E-state index in [0.29, 0.717) is 0 Å². The van der Waals surface area contributed by atoms with Gasteiger partial charge < -0.3 is 0 Å². The molecule has 0 aliphatic carbocycles. The maximum Gasteiger partial charge on any atom is 0.0791 e. The van der Waals surface area contributed by atoms with E-state index in [-0.39, 0.29) is 0 Å². The van der Waals surface area contributed by atoms with Gasteiger partial charge in [0.15, 0.2) is 0 Å². The van der Waals surface area contributed by atoms with Crippen molar-refractivity contribution >= 4 is 21.8 Å². The molecule has 0 fully saturated rings. The minimum absolute atomic E-state index is 0.978. The summed E-state index contributed by atoms with van der Waals surface area (Å²) in [4.78, 5) is 14.1. The fourth-order valence-corrected chi connectivity index (χ4v) is 4.64. The molecule has 0 amide bonds. The number of rotatable bonds is 3.